The molecule has 2 aromatic carbocycles. The number of nitrogen functional groups attached to an aromatic ring is 1. The zero-order valence-electron chi connectivity index (χ0n) is 15.3. The van der Waals surface area contributed by atoms with Crippen LogP contribution < -0.4 is 5.73 Å². The summed E-state index contributed by atoms with van der Waals surface area (Å²) in [5, 5.41) is 4.15. The zero-order chi connectivity index (χ0) is 21.1. The molecule has 1 heterocycles. The second kappa shape index (κ2) is 8.17. The van der Waals surface area contributed by atoms with Gasteiger partial charge in [-0.05, 0) is 36.8 Å². The Kier molecular flexibility index (Phi) is 5.67. The number of hydrogen-bond donors (Lipinski definition) is 1. The lowest BCUT2D eigenvalue weighted by Gasteiger charge is -2.07. The molecular weight excluding hydrogens is 387 g/mol. The molecule has 0 bridgehead atoms. The van der Waals surface area contributed by atoms with Gasteiger partial charge in [0.1, 0.15) is 28.8 Å². The highest BCUT2D eigenvalue weighted by atomic mass is 19.1. The number of halogens is 3. The van der Waals surface area contributed by atoms with Gasteiger partial charge in [0.2, 0.25) is 5.78 Å². The summed E-state index contributed by atoms with van der Waals surface area (Å²) in [7, 11) is 0. The first-order chi connectivity index (χ1) is 13.8. The smallest absolute Gasteiger partial charge is 0.344 e. The lowest BCUT2D eigenvalue weighted by Crippen LogP contribution is -2.18. The maximum atomic E-state index is 13.7. The summed E-state index contributed by atoms with van der Waals surface area (Å²) in [5.74, 6) is -4.47. The molecule has 150 valence electrons. The average Bonchev–Trinajstić information content (AvgIpc) is 2.95. The van der Waals surface area contributed by atoms with E-state index in [2.05, 4.69) is 5.10 Å². The van der Waals surface area contributed by atoms with Crippen molar-refractivity contribution < 1.29 is 27.5 Å². The second-order valence-corrected chi connectivity index (χ2v) is 6.23. The number of aryl methyl sites for hydroxylation is 1. The Morgan fingerprint density at radius 3 is 2.28 bits per heavy atom. The molecule has 0 saturated carbocycles. The fourth-order valence-electron chi connectivity index (χ4n) is 2.77. The molecular formula is C20H16F3N3O3. The molecule has 0 fully saturated rings. The Morgan fingerprint density at radius 1 is 1.03 bits per heavy atom. The minimum Gasteiger partial charge on any atom is -0.454 e. The lowest BCUT2D eigenvalue weighted by molar-refractivity contribution is 0.0472. The monoisotopic (exact) mass is 403 g/mol. The number of nitrogens with zero attached hydrogens (tertiary/aromatic N) is 2. The van der Waals surface area contributed by atoms with Crippen LogP contribution in [0.1, 0.15) is 32.0 Å². The van der Waals surface area contributed by atoms with Gasteiger partial charge in [0.05, 0.1) is 17.8 Å². The SMILES string of the molecule is Cc1nn(Cc2ccc(F)cc2)c(N)c1C(=O)OCC(=O)c1c(F)cccc1F. The normalized spacial score (nSPS) is 10.8. The Labute approximate surface area is 163 Å². The molecule has 0 radical (unpaired) electrons. The topological polar surface area (TPSA) is 87.2 Å². The Hall–Kier alpha value is -3.62. The van der Waals surface area contributed by atoms with Crippen LogP contribution in [0.25, 0.3) is 0 Å². The van der Waals surface area contributed by atoms with E-state index in [9.17, 15) is 22.8 Å². The van der Waals surface area contributed by atoms with Crippen molar-refractivity contribution in [2.24, 2.45) is 0 Å². The van der Waals surface area contributed by atoms with Gasteiger partial charge in [-0.25, -0.2) is 22.6 Å². The van der Waals surface area contributed by atoms with Crippen LogP contribution in [0, 0.1) is 24.4 Å². The van der Waals surface area contributed by atoms with Gasteiger partial charge in [-0.3, -0.25) is 4.79 Å². The van der Waals surface area contributed by atoms with Crippen molar-refractivity contribution in [3.8, 4) is 0 Å². The second-order valence-electron chi connectivity index (χ2n) is 6.23. The van der Waals surface area contributed by atoms with Crippen molar-refractivity contribution in [3.63, 3.8) is 0 Å². The fraction of sp³-hybridized carbons (Fsp3) is 0.150. The summed E-state index contributed by atoms with van der Waals surface area (Å²) in [4.78, 5) is 24.4. The summed E-state index contributed by atoms with van der Waals surface area (Å²) in [6.07, 6.45) is 0. The standard InChI is InChI=1S/C20H16F3N3O3/c1-11-17(19(24)26(25-11)9-12-5-7-13(21)8-6-12)20(28)29-10-16(27)18-14(22)3-2-4-15(18)23/h2-8H,9-10,24H2,1H3. The molecule has 0 aliphatic heterocycles. The van der Waals surface area contributed by atoms with E-state index in [0.717, 1.165) is 18.2 Å². The van der Waals surface area contributed by atoms with Crippen LogP contribution in [-0.4, -0.2) is 28.1 Å². The predicted octanol–water partition coefficient (Wildman–Crippen LogP) is 3.28. The Balaban J connectivity index is 1.73. The molecule has 0 atom stereocenters. The number of aromatic nitrogens is 2. The van der Waals surface area contributed by atoms with E-state index in [1.54, 1.807) is 12.1 Å². The minimum absolute atomic E-state index is 0.0126. The molecule has 2 N–H and O–H groups in total. The summed E-state index contributed by atoms with van der Waals surface area (Å²) >= 11 is 0. The van der Waals surface area contributed by atoms with Crippen LogP contribution in [0.4, 0.5) is 19.0 Å². The maximum Gasteiger partial charge on any atom is 0.344 e. The molecule has 3 rings (SSSR count). The Bertz CT molecular complexity index is 1060. The molecule has 0 amide bonds. The number of rotatable bonds is 6. The highest BCUT2D eigenvalue weighted by molar-refractivity contribution is 6.01. The molecule has 0 spiro atoms. The van der Waals surface area contributed by atoms with Gasteiger partial charge in [-0.2, -0.15) is 5.10 Å². The summed E-state index contributed by atoms with van der Waals surface area (Å²) in [6, 6.07) is 8.64. The van der Waals surface area contributed by atoms with Crippen LogP contribution in [0.3, 0.4) is 0 Å². The molecule has 0 aliphatic carbocycles. The molecule has 0 unspecified atom stereocenters. The molecule has 1 aromatic heterocycles. The number of esters is 1. The first kappa shape index (κ1) is 20.1. The highest BCUT2D eigenvalue weighted by Gasteiger charge is 2.24. The quantitative estimate of drug-likeness (QED) is 0.504. The number of carbonyl (C=O) groups excluding carboxylic acids is 2. The summed E-state index contributed by atoms with van der Waals surface area (Å²) < 4.78 is 46.5. The van der Waals surface area contributed by atoms with Crippen molar-refractivity contribution in [3.05, 3.63) is 82.3 Å². The number of nitrogens with two attached hydrogens (primary N) is 1. The van der Waals surface area contributed by atoms with Gasteiger partial charge in [0, 0.05) is 0 Å². The van der Waals surface area contributed by atoms with Crippen molar-refractivity contribution in [1.29, 1.82) is 0 Å². The zero-order valence-corrected chi connectivity index (χ0v) is 15.3. The first-order valence-electron chi connectivity index (χ1n) is 8.49. The molecule has 6 nitrogen and oxygen atoms in total. The number of anilines is 1. The van der Waals surface area contributed by atoms with E-state index in [0.29, 0.717) is 5.56 Å². The minimum atomic E-state index is -1.05. The van der Waals surface area contributed by atoms with Gasteiger partial charge in [0.25, 0.3) is 0 Å². The van der Waals surface area contributed by atoms with E-state index < -0.39 is 41.4 Å². The third kappa shape index (κ3) is 4.29. The largest absolute Gasteiger partial charge is 0.454 e. The van der Waals surface area contributed by atoms with Gasteiger partial charge in [0.15, 0.2) is 6.61 Å². The average molecular weight is 403 g/mol. The number of Topliss-reactive ketones (excluding diaryl/α,β-unsaturated/α-hetero) is 1. The van der Waals surface area contributed by atoms with Gasteiger partial charge < -0.3 is 10.5 Å². The van der Waals surface area contributed by atoms with Gasteiger partial charge in [-0.15, -0.1) is 0 Å². The molecule has 29 heavy (non-hydrogen) atoms. The van der Waals surface area contributed by atoms with Crippen LogP contribution in [0.15, 0.2) is 42.5 Å². The maximum absolute atomic E-state index is 13.7. The van der Waals surface area contributed by atoms with E-state index >= 15 is 0 Å². The number of hydrogen-bond acceptors (Lipinski definition) is 5. The van der Waals surface area contributed by atoms with Crippen LogP contribution in [-0.2, 0) is 11.3 Å². The van der Waals surface area contributed by atoms with E-state index in [1.165, 1.54) is 23.7 Å². The number of ether oxygens (including phenoxy) is 1. The van der Waals surface area contributed by atoms with Crippen molar-refractivity contribution >= 4 is 17.6 Å². The number of carbonyl (C=O) groups is 2. The van der Waals surface area contributed by atoms with Crippen LogP contribution >= 0.6 is 0 Å². The van der Waals surface area contributed by atoms with Crippen LogP contribution in [0.5, 0.6) is 0 Å². The number of ketones is 1. The fourth-order valence-corrected chi connectivity index (χ4v) is 2.77. The molecule has 0 aliphatic rings. The van der Waals surface area contributed by atoms with E-state index in [1.807, 2.05) is 0 Å². The van der Waals surface area contributed by atoms with Crippen molar-refractivity contribution in [1.82, 2.24) is 9.78 Å². The molecule has 9 heteroatoms. The van der Waals surface area contributed by atoms with Crippen molar-refractivity contribution in [2.45, 2.75) is 13.5 Å². The third-order valence-electron chi connectivity index (χ3n) is 4.19. The summed E-state index contributed by atoms with van der Waals surface area (Å²) in [6.45, 7) is 0.838. The van der Waals surface area contributed by atoms with Gasteiger partial charge in [-0.1, -0.05) is 18.2 Å². The first-order valence-corrected chi connectivity index (χ1v) is 8.49. The van der Waals surface area contributed by atoms with Crippen molar-refractivity contribution in [2.75, 3.05) is 12.3 Å². The molecule has 0 saturated heterocycles. The van der Waals surface area contributed by atoms with E-state index in [4.69, 9.17) is 10.5 Å². The van der Waals surface area contributed by atoms with E-state index in [-0.39, 0.29) is 23.6 Å². The van der Waals surface area contributed by atoms with Gasteiger partial charge >= 0.3 is 5.97 Å². The Morgan fingerprint density at radius 2 is 1.66 bits per heavy atom. The lowest BCUT2D eigenvalue weighted by atomic mass is 10.1. The third-order valence-corrected chi connectivity index (χ3v) is 4.19. The molecule has 3 aromatic rings. The highest BCUT2D eigenvalue weighted by Crippen LogP contribution is 2.20. The predicted molar refractivity (Wildman–Crippen MR) is 97.8 cm³/mol. The summed E-state index contributed by atoms with van der Waals surface area (Å²) in [5.41, 5.74) is 6.08. The van der Waals surface area contributed by atoms with Crippen LogP contribution in [0.2, 0.25) is 0 Å². The number of benzene rings is 2.